The number of nitrogens with one attached hydrogen (secondary N) is 1. The van der Waals surface area contributed by atoms with Crippen LogP contribution in [0.5, 0.6) is 0 Å². The van der Waals surface area contributed by atoms with E-state index in [4.69, 9.17) is 9.59 Å². The van der Waals surface area contributed by atoms with Gasteiger partial charge in [0.15, 0.2) is 10.8 Å². The Morgan fingerprint density at radius 2 is 2.00 bits per heavy atom. The van der Waals surface area contributed by atoms with Crippen LogP contribution in [0, 0.1) is 17.8 Å². The number of amides is 1. The summed E-state index contributed by atoms with van der Waals surface area (Å²) in [5.41, 5.74) is 1.02. The summed E-state index contributed by atoms with van der Waals surface area (Å²) >= 11 is 1.38. The Bertz CT molecular complexity index is 612. The molecule has 1 heterocycles. The van der Waals surface area contributed by atoms with Crippen LogP contribution in [0.2, 0.25) is 0 Å². The first-order chi connectivity index (χ1) is 11.5. The fraction of sp³-hybridized carbons (Fsp3) is 0.647. The van der Waals surface area contributed by atoms with Gasteiger partial charge in [-0.25, -0.2) is 4.98 Å². The summed E-state index contributed by atoms with van der Waals surface area (Å²) in [5.74, 6) is 1.52. The maximum absolute atomic E-state index is 12.0. The lowest BCUT2D eigenvalue weighted by Crippen LogP contribution is -2.37. The van der Waals surface area contributed by atoms with Crippen LogP contribution in [0.25, 0.3) is 0 Å². The van der Waals surface area contributed by atoms with Gasteiger partial charge in [-0.1, -0.05) is 26.2 Å². The second-order valence-corrected chi connectivity index (χ2v) is 7.51. The molecule has 0 unspecified atom stereocenters. The standard InChI is InChI=1S/C16H22N2O2S.CO2/c1-10-5-12(6-10)14(19)8-17-15(20)16-18-13(9-21-16)7-11-3-2-4-11;2-1-3/h9-12H,2-8H2,1H3,(H,17,20);. The van der Waals surface area contributed by atoms with Crippen LogP contribution in [0.4, 0.5) is 0 Å². The predicted octanol–water partition coefficient (Wildman–Crippen LogP) is 2.25. The Labute approximate surface area is 145 Å². The monoisotopic (exact) mass is 350 g/mol. The van der Waals surface area contributed by atoms with Crippen LogP contribution >= 0.6 is 11.3 Å². The highest BCUT2D eigenvalue weighted by atomic mass is 32.1. The van der Waals surface area contributed by atoms with Crippen LogP contribution in [0.15, 0.2) is 5.38 Å². The molecule has 0 atom stereocenters. The Morgan fingerprint density at radius 1 is 1.33 bits per heavy atom. The summed E-state index contributed by atoms with van der Waals surface area (Å²) in [6, 6.07) is 0. The van der Waals surface area contributed by atoms with Gasteiger partial charge in [-0.2, -0.15) is 9.59 Å². The SMILES string of the molecule is CC1CC(C(=O)CNC(=O)c2nc(CC3CCC3)cs2)C1.O=C=O. The van der Waals surface area contributed by atoms with Gasteiger partial charge in [0.2, 0.25) is 0 Å². The lowest BCUT2D eigenvalue weighted by atomic mass is 9.74. The highest BCUT2D eigenvalue weighted by Gasteiger charge is 2.31. The van der Waals surface area contributed by atoms with Crippen LogP contribution in [0.3, 0.4) is 0 Å². The second kappa shape index (κ2) is 8.85. The third-order valence-corrected chi connectivity index (χ3v) is 5.61. The van der Waals surface area contributed by atoms with Crippen LogP contribution in [-0.2, 0) is 20.8 Å². The second-order valence-electron chi connectivity index (χ2n) is 6.65. The van der Waals surface area contributed by atoms with Crippen molar-refractivity contribution in [3.63, 3.8) is 0 Å². The maximum Gasteiger partial charge on any atom is 0.373 e. The van der Waals surface area contributed by atoms with E-state index in [-0.39, 0.29) is 30.3 Å². The predicted molar refractivity (Wildman–Crippen MR) is 87.4 cm³/mol. The van der Waals surface area contributed by atoms with E-state index < -0.39 is 0 Å². The van der Waals surface area contributed by atoms with Crippen molar-refractivity contribution < 1.29 is 19.2 Å². The number of nitrogens with zero attached hydrogens (tertiary/aromatic N) is 1. The van der Waals surface area contributed by atoms with E-state index in [1.165, 1.54) is 30.6 Å². The molecule has 2 saturated carbocycles. The third kappa shape index (κ3) is 5.08. The van der Waals surface area contributed by atoms with Gasteiger partial charge in [0, 0.05) is 11.3 Å². The zero-order valence-corrected chi connectivity index (χ0v) is 14.6. The molecule has 0 aliphatic heterocycles. The highest BCUT2D eigenvalue weighted by Crippen LogP contribution is 2.33. The van der Waals surface area contributed by atoms with Crippen molar-refractivity contribution in [1.82, 2.24) is 10.3 Å². The molecule has 1 aromatic heterocycles. The van der Waals surface area contributed by atoms with Gasteiger partial charge >= 0.3 is 6.15 Å². The van der Waals surface area contributed by atoms with E-state index in [0.29, 0.717) is 10.9 Å². The average Bonchev–Trinajstić information content (AvgIpc) is 2.94. The Morgan fingerprint density at radius 3 is 2.54 bits per heavy atom. The number of carbonyl (C=O) groups excluding carboxylic acids is 4. The van der Waals surface area contributed by atoms with Gasteiger partial charge in [0.25, 0.3) is 5.91 Å². The van der Waals surface area contributed by atoms with Crippen molar-refractivity contribution in [3.8, 4) is 0 Å². The fourth-order valence-corrected chi connectivity index (χ4v) is 3.80. The van der Waals surface area contributed by atoms with E-state index >= 15 is 0 Å². The number of thiazole rings is 1. The minimum atomic E-state index is -0.208. The van der Waals surface area contributed by atoms with Crippen LogP contribution in [0.1, 0.15) is 54.5 Å². The summed E-state index contributed by atoms with van der Waals surface area (Å²) in [6.07, 6.45) is 7.07. The molecule has 0 bridgehead atoms. The molecule has 1 aromatic rings. The Hall–Kier alpha value is -1.85. The molecule has 0 saturated heterocycles. The van der Waals surface area contributed by atoms with Crippen molar-refractivity contribution in [2.45, 2.75) is 45.4 Å². The van der Waals surface area contributed by atoms with E-state index in [9.17, 15) is 9.59 Å². The highest BCUT2D eigenvalue weighted by molar-refractivity contribution is 7.11. The zero-order chi connectivity index (χ0) is 17.5. The molecule has 0 spiro atoms. The topological polar surface area (TPSA) is 93.2 Å². The average molecular weight is 350 g/mol. The van der Waals surface area contributed by atoms with E-state index in [1.807, 2.05) is 5.38 Å². The van der Waals surface area contributed by atoms with Crippen molar-refractivity contribution >= 4 is 29.2 Å². The molecule has 3 rings (SSSR count). The van der Waals surface area contributed by atoms with Gasteiger partial charge in [0.05, 0.1) is 12.2 Å². The minimum absolute atomic E-state index is 0.147. The number of ketones is 1. The molecule has 2 fully saturated rings. The summed E-state index contributed by atoms with van der Waals surface area (Å²) in [7, 11) is 0. The van der Waals surface area contributed by atoms with Gasteiger partial charge in [0.1, 0.15) is 0 Å². The van der Waals surface area contributed by atoms with E-state index in [0.717, 1.165) is 30.9 Å². The number of rotatable bonds is 6. The first-order valence-electron chi connectivity index (χ1n) is 8.28. The summed E-state index contributed by atoms with van der Waals surface area (Å²) < 4.78 is 0. The number of hydrogen-bond donors (Lipinski definition) is 1. The molecule has 2 aliphatic rings. The van der Waals surface area contributed by atoms with E-state index in [1.54, 1.807) is 0 Å². The molecule has 2 aliphatic carbocycles. The molecule has 1 amide bonds. The van der Waals surface area contributed by atoms with E-state index in [2.05, 4.69) is 17.2 Å². The van der Waals surface area contributed by atoms with Gasteiger partial charge < -0.3 is 5.32 Å². The third-order valence-electron chi connectivity index (χ3n) is 4.72. The Kier molecular flexibility index (Phi) is 6.82. The molecule has 6 nitrogen and oxygen atoms in total. The summed E-state index contributed by atoms with van der Waals surface area (Å²) in [4.78, 5) is 44.5. The molecule has 1 N–H and O–H groups in total. The van der Waals surface area contributed by atoms with Gasteiger partial charge in [-0.3, -0.25) is 9.59 Å². The van der Waals surface area contributed by atoms with Gasteiger partial charge in [-0.05, 0) is 31.1 Å². The molecule has 7 heteroatoms. The number of carbonyl (C=O) groups is 2. The number of Topliss-reactive ketones (excluding diaryl/α,β-unsaturated/α-hetero) is 1. The minimum Gasteiger partial charge on any atom is -0.343 e. The largest absolute Gasteiger partial charge is 0.373 e. The summed E-state index contributed by atoms with van der Waals surface area (Å²) in [5, 5.41) is 5.18. The zero-order valence-electron chi connectivity index (χ0n) is 13.7. The Balaban J connectivity index is 0.000000647. The molecule has 24 heavy (non-hydrogen) atoms. The van der Waals surface area contributed by atoms with Gasteiger partial charge in [-0.15, -0.1) is 11.3 Å². The normalized spacial score (nSPS) is 22.2. The number of hydrogen-bond acceptors (Lipinski definition) is 6. The van der Waals surface area contributed by atoms with Crippen LogP contribution in [-0.4, -0.2) is 29.4 Å². The number of aromatic nitrogens is 1. The van der Waals surface area contributed by atoms with Crippen molar-refractivity contribution in [3.05, 3.63) is 16.1 Å². The lowest BCUT2D eigenvalue weighted by Gasteiger charge is -2.31. The fourth-order valence-electron chi connectivity index (χ4n) is 3.05. The van der Waals surface area contributed by atoms with Crippen LogP contribution < -0.4 is 5.32 Å². The molecule has 0 aromatic carbocycles. The summed E-state index contributed by atoms with van der Waals surface area (Å²) in [6.45, 7) is 2.30. The molecule has 0 radical (unpaired) electrons. The maximum atomic E-state index is 12.0. The molecular formula is C17H22N2O4S. The van der Waals surface area contributed by atoms with Crippen molar-refractivity contribution in [1.29, 1.82) is 0 Å². The molecular weight excluding hydrogens is 328 g/mol. The molecule has 130 valence electrons. The lowest BCUT2D eigenvalue weighted by molar-refractivity contribution is -0.191. The van der Waals surface area contributed by atoms with Crippen molar-refractivity contribution in [2.24, 2.45) is 17.8 Å². The smallest absolute Gasteiger partial charge is 0.343 e. The van der Waals surface area contributed by atoms with Crippen molar-refractivity contribution in [2.75, 3.05) is 6.54 Å². The first-order valence-corrected chi connectivity index (χ1v) is 9.16. The quantitative estimate of drug-likeness (QED) is 0.849. The first kappa shape index (κ1) is 18.5.